The molecule has 0 heterocycles. The Hall–Kier alpha value is -1.35. The van der Waals surface area contributed by atoms with Crippen LogP contribution in [0.4, 0.5) is 0 Å². The average molecular weight is 220 g/mol. The number of nitrogens with one attached hydrogen (secondary N) is 1. The third-order valence-electron chi connectivity index (χ3n) is 2.23. The van der Waals surface area contributed by atoms with Crippen LogP contribution < -0.4 is 11.1 Å². The zero-order valence-corrected chi connectivity index (χ0v) is 10.2. The van der Waals surface area contributed by atoms with Crippen molar-refractivity contribution in [2.45, 2.75) is 38.8 Å². The van der Waals surface area contributed by atoms with Crippen LogP contribution in [0.5, 0.6) is 0 Å². The highest BCUT2D eigenvalue weighted by atomic mass is 16.1. The van der Waals surface area contributed by atoms with Gasteiger partial charge in [0.1, 0.15) is 0 Å². The number of nitrogens with two attached hydrogens (primary N) is 1. The summed E-state index contributed by atoms with van der Waals surface area (Å²) < 4.78 is 0. The van der Waals surface area contributed by atoms with Gasteiger partial charge in [0.25, 0.3) is 0 Å². The Kier molecular flexibility index (Phi) is 4.07. The van der Waals surface area contributed by atoms with Gasteiger partial charge in [0.2, 0.25) is 5.91 Å². The molecule has 0 aliphatic rings. The Morgan fingerprint density at radius 2 is 1.88 bits per heavy atom. The standard InChI is InChI=1S/C13H20N2O/c1-13(2,3)15-11(12(14)16)9-10-7-5-4-6-8-10/h4-8,11,15H,9H2,1-3H3,(H2,14,16). The SMILES string of the molecule is CC(C)(C)NC(Cc1ccccc1)C(N)=O. The minimum atomic E-state index is -0.317. The first-order valence-corrected chi connectivity index (χ1v) is 5.49. The van der Waals surface area contributed by atoms with E-state index in [0.29, 0.717) is 6.42 Å². The Bertz CT molecular complexity index is 341. The minimum absolute atomic E-state index is 0.117. The predicted molar refractivity (Wildman–Crippen MR) is 66.0 cm³/mol. The molecule has 1 rings (SSSR count). The van der Waals surface area contributed by atoms with Gasteiger partial charge >= 0.3 is 0 Å². The fraction of sp³-hybridized carbons (Fsp3) is 0.462. The summed E-state index contributed by atoms with van der Waals surface area (Å²) in [6.45, 7) is 6.07. The van der Waals surface area contributed by atoms with Crippen molar-refractivity contribution in [2.24, 2.45) is 5.73 Å². The van der Waals surface area contributed by atoms with Crippen molar-refractivity contribution in [3.8, 4) is 0 Å². The second-order valence-corrected chi connectivity index (χ2v) is 5.04. The van der Waals surface area contributed by atoms with Crippen molar-refractivity contribution in [3.63, 3.8) is 0 Å². The Labute approximate surface area is 97.0 Å². The molecule has 1 atom stereocenters. The summed E-state index contributed by atoms with van der Waals surface area (Å²) in [6.07, 6.45) is 0.632. The van der Waals surface area contributed by atoms with Crippen molar-refractivity contribution in [3.05, 3.63) is 35.9 Å². The summed E-state index contributed by atoms with van der Waals surface area (Å²) in [6, 6.07) is 9.57. The van der Waals surface area contributed by atoms with Gasteiger partial charge in [0.05, 0.1) is 6.04 Å². The average Bonchev–Trinajstić information content (AvgIpc) is 2.16. The minimum Gasteiger partial charge on any atom is -0.368 e. The Balaban J connectivity index is 2.70. The smallest absolute Gasteiger partial charge is 0.234 e. The molecule has 0 aromatic heterocycles. The number of rotatable bonds is 4. The molecule has 0 aliphatic heterocycles. The van der Waals surface area contributed by atoms with Crippen molar-refractivity contribution >= 4 is 5.91 Å². The molecular weight excluding hydrogens is 200 g/mol. The van der Waals surface area contributed by atoms with Crippen molar-refractivity contribution < 1.29 is 4.79 Å². The van der Waals surface area contributed by atoms with Gasteiger partial charge in [-0.2, -0.15) is 0 Å². The van der Waals surface area contributed by atoms with Crippen LogP contribution in [0, 0.1) is 0 Å². The maximum atomic E-state index is 11.3. The fourth-order valence-corrected chi connectivity index (χ4v) is 1.60. The van der Waals surface area contributed by atoms with Crippen LogP contribution in [-0.4, -0.2) is 17.5 Å². The van der Waals surface area contributed by atoms with E-state index in [1.807, 2.05) is 51.1 Å². The number of benzene rings is 1. The van der Waals surface area contributed by atoms with Gasteiger partial charge in [-0.05, 0) is 32.8 Å². The van der Waals surface area contributed by atoms with Crippen LogP contribution in [0.3, 0.4) is 0 Å². The van der Waals surface area contributed by atoms with Crippen molar-refractivity contribution in [2.75, 3.05) is 0 Å². The molecule has 0 saturated carbocycles. The zero-order valence-electron chi connectivity index (χ0n) is 10.2. The highest BCUT2D eigenvalue weighted by molar-refractivity contribution is 5.80. The molecule has 0 spiro atoms. The van der Waals surface area contributed by atoms with Gasteiger partial charge in [-0.3, -0.25) is 4.79 Å². The lowest BCUT2D eigenvalue weighted by atomic mass is 10.0. The zero-order chi connectivity index (χ0) is 12.2. The number of hydrogen-bond donors (Lipinski definition) is 2. The summed E-state index contributed by atoms with van der Waals surface area (Å²) in [7, 11) is 0. The van der Waals surface area contributed by atoms with Crippen LogP contribution in [0.2, 0.25) is 0 Å². The lowest BCUT2D eigenvalue weighted by Gasteiger charge is -2.26. The van der Waals surface area contributed by atoms with Crippen LogP contribution >= 0.6 is 0 Å². The first-order chi connectivity index (χ1) is 7.38. The monoisotopic (exact) mass is 220 g/mol. The van der Waals surface area contributed by atoms with E-state index in [0.717, 1.165) is 5.56 Å². The van der Waals surface area contributed by atoms with E-state index in [4.69, 9.17) is 5.73 Å². The molecule has 1 unspecified atom stereocenters. The van der Waals surface area contributed by atoms with E-state index < -0.39 is 0 Å². The van der Waals surface area contributed by atoms with E-state index in [1.54, 1.807) is 0 Å². The molecule has 88 valence electrons. The molecule has 0 aliphatic carbocycles. The molecule has 0 fully saturated rings. The molecule has 1 aromatic carbocycles. The summed E-state index contributed by atoms with van der Waals surface area (Å²) in [5.41, 5.74) is 6.39. The summed E-state index contributed by atoms with van der Waals surface area (Å²) in [5.74, 6) is -0.307. The number of carbonyl (C=O) groups excluding carboxylic acids is 1. The first-order valence-electron chi connectivity index (χ1n) is 5.49. The van der Waals surface area contributed by atoms with Crippen LogP contribution in [-0.2, 0) is 11.2 Å². The van der Waals surface area contributed by atoms with Crippen LogP contribution in [0.15, 0.2) is 30.3 Å². The lowest BCUT2D eigenvalue weighted by Crippen LogP contribution is -2.51. The molecule has 0 bridgehead atoms. The third kappa shape index (κ3) is 4.45. The van der Waals surface area contributed by atoms with Crippen LogP contribution in [0.1, 0.15) is 26.3 Å². The van der Waals surface area contributed by atoms with Gasteiger partial charge < -0.3 is 11.1 Å². The molecule has 0 radical (unpaired) electrons. The maximum Gasteiger partial charge on any atom is 0.234 e. The van der Waals surface area contributed by atoms with E-state index >= 15 is 0 Å². The third-order valence-corrected chi connectivity index (χ3v) is 2.23. The van der Waals surface area contributed by atoms with E-state index in [9.17, 15) is 4.79 Å². The van der Waals surface area contributed by atoms with E-state index in [-0.39, 0.29) is 17.5 Å². The van der Waals surface area contributed by atoms with Crippen molar-refractivity contribution in [1.82, 2.24) is 5.32 Å². The second kappa shape index (κ2) is 5.12. The van der Waals surface area contributed by atoms with Crippen molar-refractivity contribution in [1.29, 1.82) is 0 Å². The highest BCUT2D eigenvalue weighted by Crippen LogP contribution is 2.07. The molecule has 16 heavy (non-hydrogen) atoms. The number of carbonyl (C=O) groups is 1. The maximum absolute atomic E-state index is 11.3. The highest BCUT2D eigenvalue weighted by Gasteiger charge is 2.21. The summed E-state index contributed by atoms with van der Waals surface area (Å²) >= 11 is 0. The lowest BCUT2D eigenvalue weighted by molar-refractivity contribution is -0.120. The summed E-state index contributed by atoms with van der Waals surface area (Å²) in [4.78, 5) is 11.3. The molecule has 3 heteroatoms. The normalized spacial score (nSPS) is 13.4. The quantitative estimate of drug-likeness (QED) is 0.807. The second-order valence-electron chi connectivity index (χ2n) is 5.04. The Morgan fingerprint density at radius 3 is 2.31 bits per heavy atom. The van der Waals surface area contributed by atoms with E-state index in [2.05, 4.69) is 5.32 Å². The largest absolute Gasteiger partial charge is 0.368 e. The molecular formula is C13H20N2O. The van der Waals surface area contributed by atoms with Gasteiger partial charge in [-0.25, -0.2) is 0 Å². The fourth-order valence-electron chi connectivity index (χ4n) is 1.60. The Morgan fingerprint density at radius 1 is 1.31 bits per heavy atom. The molecule has 3 nitrogen and oxygen atoms in total. The number of hydrogen-bond acceptors (Lipinski definition) is 2. The topological polar surface area (TPSA) is 55.1 Å². The molecule has 3 N–H and O–H groups in total. The first kappa shape index (κ1) is 12.7. The number of primary amides is 1. The van der Waals surface area contributed by atoms with Gasteiger partial charge in [0, 0.05) is 5.54 Å². The summed E-state index contributed by atoms with van der Waals surface area (Å²) in [5, 5.41) is 3.23. The van der Waals surface area contributed by atoms with Gasteiger partial charge in [0.15, 0.2) is 0 Å². The molecule has 1 amide bonds. The predicted octanol–water partition coefficient (Wildman–Crippen LogP) is 1.47. The molecule has 1 aromatic rings. The van der Waals surface area contributed by atoms with Gasteiger partial charge in [-0.1, -0.05) is 30.3 Å². The van der Waals surface area contributed by atoms with E-state index in [1.165, 1.54) is 0 Å². The van der Waals surface area contributed by atoms with Gasteiger partial charge in [-0.15, -0.1) is 0 Å². The van der Waals surface area contributed by atoms with Crippen LogP contribution in [0.25, 0.3) is 0 Å². The molecule has 0 saturated heterocycles. The number of amides is 1.